The summed E-state index contributed by atoms with van der Waals surface area (Å²) in [5, 5.41) is 0. The van der Waals surface area contributed by atoms with E-state index < -0.39 is 5.54 Å². The summed E-state index contributed by atoms with van der Waals surface area (Å²) in [6.07, 6.45) is 7.47. The van der Waals surface area contributed by atoms with Crippen LogP contribution in [0, 0.1) is 0 Å². The van der Waals surface area contributed by atoms with Gasteiger partial charge in [-0.2, -0.15) is 0 Å². The molecule has 1 aliphatic heterocycles. The molecule has 1 unspecified atom stereocenters. The highest BCUT2D eigenvalue weighted by Gasteiger charge is 2.38. The van der Waals surface area contributed by atoms with Crippen LogP contribution in [-0.2, 0) is 9.53 Å². The molecule has 18 heavy (non-hydrogen) atoms. The normalized spacial score (nSPS) is 27.1. The number of rotatable bonds is 4. The first-order valence-electron chi connectivity index (χ1n) is 7.35. The summed E-state index contributed by atoms with van der Waals surface area (Å²) >= 11 is 0. The van der Waals surface area contributed by atoms with Crippen molar-refractivity contribution < 1.29 is 9.53 Å². The lowest BCUT2D eigenvalue weighted by Crippen LogP contribution is -2.57. The maximum absolute atomic E-state index is 12.6. The van der Waals surface area contributed by atoms with E-state index in [0.717, 1.165) is 51.7 Å². The van der Waals surface area contributed by atoms with Crippen LogP contribution in [0.5, 0.6) is 0 Å². The molecular formula is C14H26N2O2. The molecule has 1 heterocycles. The standard InChI is InChI=1S/C14H26N2O2/c1-2-16(11-12-7-6-10-18-12)13(17)14(15)8-4-3-5-9-14/h12H,2-11,15H2,1H3. The predicted molar refractivity (Wildman–Crippen MR) is 71.2 cm³/mol. The van der Waals surface area contributed by atoms with Crippen molar-refractivity contribution in [3.63, 3.8) is 0 Å². The molecule has 2 aliphatic rings. The Hall–Kier alpha value is -0.610. The van der Waals surface area contributed by atoms with Gasteiger partial charge in [0.15, 0.2) is 0 Å². The molecule has 0 radical (unpaired) electrons. The number of ether oxygens (including phenoxy) is 1. The lowest BCUT2D eigenvalue weighted by molar-refractivity contribution is -0.139. The van der Waals surface area contributed by atoms with Gasteiger partial charge in [0.1, 0.15) is 0 Å². The van der Waals surface area contributed by atoms with Crippen LogP contribution in [0.15, 0.2) is 0 Å². The molecule has 0 bridgehead atoms. The quantitative estimate of drug-likeness (QED) is 0.830. The Kier molecular flexibility index (Phi) is 4.62. The molecule has 1 saturated heterocycles. The van der Waals surface area contributed by atoms with Crippen molar-refractivity contribution in [2.75, 3.05) is 19.7 Å². The van der Waals surface area contributed by atoms with Crippen molar-refractivity contribution in [2.24, 2.45) is 5.73 Å². The molecule has 1 amide bonds. The van der Waals surface area contributed by atoms with Gasteiger partial charge in [0.25, 0.3) is 0 Å². The van der Waals surface area contributed by atoms with Crippen LogP contribution in [0.2, 0.25) is 0 Å². The smallest absolute Gasteiger partial charge is 0.242 e. The van der Waals surface area contributed by atoms with Crippen molar-refractivity contribution in [1.29, 1.82) is 0 Å². The monoisotopic (exact) mass is 254 g/mol. The van der Waals surface area contributed by atoms with Gasteiger partial charge >= 0.3 is 0 Å². The van der Waals surface area contributed by atoms with Crippen LogP contribution in [0.25, 0.3) is 0 Å². The summed E-state index contributed by atoms with van der Waals surface area (Å²) in [5.41, 5.74) is 5.72. The molecule has 104 valence electrons. The zero-order valence-corrected chi connectivity index (χ0v) is 11.5. The maximum Gasteiger partial charge on any atom is 0.242 e. The molecule has 0 aromatic heterocycles. The zero-order valence-electron chi connectivity index (χ0n) is 11.5. The third kappa shape index (κ3) is 3.04. The summed E-state index contributed by atoms with van der Waals surface area (Å²) < 4.78 is 5.62. The fourth-order valence-corrected chi connectivity index (χ4v) is 3.10. The van der Waals surface area contributed by atoms with Crippen LogP contribution in [0.1, 0.15) is 51.9 Å². The van der Waals surface area contributed by atoms with E-state index in [0.29, 0.717) is 6.54 Å². The Morgan fingerprint density at radius 2 is 2.06 bits per heavy atom. The topological polar surface area (TPSA) is 55.6 Å². The first kappa shape index (κ1) is 13.8. The van der Waals surface area contributed by atoms with Gasteiger partial charge in [0, 0.05) is 19.7 Å². The Balaban J connectivity index is 1.95. The van der Waals surface area contributed by atoms with Crippen molar-refractivity contribution in [1.82, 2.24) is 4.90 Å². The number of hydrogen-bond donors (Lipinski definition) is 1. The Labute approximate surface area is 110 Å². The van der Waals surface area contributed by atoms with Crippen molar-refractivity contribution in [3.05, 3.63) is 0 Å². The van der Waals surface area contributed by atoms with Gasteiger partial charge in [0.2, 0.25) is 5.91 Å². The minimum absolute atomic E-state index is 0.139. The van der Waals surface area contributed by atoms with Crippen molar-refractivity contribution >= 4 is 5.91 Å². The molecule has 4 nitrogen and oxygen atoms in total. The second kappa shape index (κ2) is 6.02. The molecule has 2 fully saturated rings. The second-order valence-electron chi connectivity index (χ2n) is 5.70. The number of carbonyl (C=O) groups excluding carboxylic acids is 1. The van der Waals surface area contributed by atoms with Gasteiger partial charge in [0.05, 0.1) is 11.6 Å². The van der Waals surface area contributed by atoms with E-state index in [2.05, 4.69) is 0 Å². The molecule has 0 spiro atoms. The van der Waals surface area contributed by atoms with E-state index >= 15 is 0 Å². The van der Waals surface area contributed by atoms with Crippen molar-refractivity contribution in [2.45, 2.75) is 63.5 Å². The third-order valence-electron chi connectivity index (χ3n) is 4.29. The van der Waals surface area contributed by atoms with Crippen LogP contribution in [-0.4, -0.2) is 42.1 Å². The highest BCUT2D eigenvalue weighted by Crippen LogP contribution is 2.28. The summed E-state index contributed by atoms with van der Waals surface area (Å²) in [6, 6.07) is 0. The third-order valence-corrected chi connectivity index (χ3v) is 4.29. The fourth-order valence-electron chi connectivity index (χ4n) is 3.10. The van der Waals surface area contributed by atoms with Crippen LogP contribution in [0.4, 0.5) is 0 Å². The number of likely N-dealkylation sites (N-methyl/N-ethyl adjacent to an activating group) is 1. The number of carbonyl (C=O) groups is 1. The van der Waals surface area contributed by atoms with Gasteiger partial charge in [-0.1, -0.05) is 19.3 Å². The summed E-state index contributed by atoms with van der Waals surface area (Å²) in [4.78, 5) is 14.5. The second-order valence-corrected chi connectivity index (χ2v) is 5.70. The average molecular weight is 254 g/mol. The Morgan fingerprint density at radius 3 is 2.61 bits per heavy atom. The van der Waals surface area contributed by atoms with E-state index in [1.165, 1.54) is 6.42 Å². The number of amides is 1. The SMILES string of the molecule is CCN(CC1CCCO1)C(=O)C1(N)CCCCC1. The molecule has 1 aliphatic carbocycles. The van der Waals surface area contributed by atoms with Gasteiger partial charge in [-0.3, -0.25) is 4.79 Å². The number of nitrogens with two attached hydrogens (primary N) is 1. The van der Waals surface area contributed by atoms with E-state index in [-0.39, 0.29) is 12.0 Å². The van der Waals surface area contributed by atoms with E-state index in [9.17, 15) is 4.79 Å². The van der Waals surface area contributed by atoms with E-state index in [1.54, 1.807) is 0 Å². The highest BCUT2D eigenvalue weighted by atomic mass is 16.5. The van der Waals surface area contributed by atoms with Gasteiger partial charge in [-0.05, 0) is 32.6 Å². The molecule has 1 atom stereocenters. The van der Waals surface area contributed by atoms with Gasteiger partial charge in [-0.25, -0.2) is 0 Å². The van der Waals surface area contributed by atoms with E-state index in [1.807, 2.05) is 11.8 Å². The molecule has 0 aromatic carbocycles. The summed E-state index contributed by atoms with van der Waals surface area (Å²) in [5.74, 6) is 0.139. The Morgan fingerprint density at radius 1 is 1.33 bits per heavy atom. The molecule has 4 heteroatoms. The summed E-state index contributed by atoms with van der Waals surface area (Å²) in [7, 11) is 0. The van der Waals surface area contributed by atoms with E-state index in [4.69, 9.17) is 10.5 Å². The highest BCUT2D eigenvalue weighted by molar-refractivity contribution is 5.86. The lowest BCUT2D eigenvalue weighted by Gasteiger charge is -2.37. The minimum atomic E-state index is -0.604. The molecular weight excluding hydrogens is 228 g/mol. The maximum atomic E-state index is 12.6. The minimum Gasteiger partial charge on any atom is -0.376 e. The number of hydrogen-bond acceptors (Lipinski definition) is 3. The zero-order chi connectivity index (χ0) is 13.0. The molecule has 0 aromatic rings. The summed E-state index contributed by atoms with van der Waals surface area (Å²) in [6.45, 7) is 4.31. The molecule has 2 rings (SSSR count). The van der Waals surface area contributed by atoms with Crippen LogP contribution in [0.3, 0.4) is 0 Å². The first-order valence-corrected chi connectivity index (χ1v) is 7.35. The number of nitrogens with zero attached hydrogens (tertiary/aromatic N) is 1. The predicted octanol–water partition coefficient (Wildman–Crippen LogP) is 1.68. The average Bonchev–Trinajstić information content (AvgIpc) is 2.89. The lowest BCUT2D eigenvalue weighted by atomic mass is 9.81. The largest absolute Gasteiger partial charge is 0.376 e. The fraction of sp³-hybridized carbons (Fsp3) is 0.929. The van der Waals surface area contributed by atoms with Crippen molar-refractivity contribution in [3.8, 4) is 0 Å². The van der Waals surface area contributed by atoms with Gasteiger partial charge in [-0.15, -0.1) is 0 Å². The first-order chi connectivity index (χ1) is 8.65. The van der Waals surface area contributed by atoms with Gasteiger partial charge < -0.3 is 15.4 Å². The molecule has 1 saturated carbocycles. The molecule has 2 N–H and O–H groups in total. The Bertz CT molecular complexity index is 282. The van der Waals surface area contributed by atoms with Crippen LogP contribution >= 0.6 is 0 Å². The van der Waals surface area contributed by atoms with Crippen LogP contribution < -0.4 is 5.73 Å².